The first kappa shape index (κ1) is 18.3. The summed E-state index contributed by atoms with van der Waals surface area (Å²) < 4.78 is 11.3. The second kappa shape index (κ2) is 8.15. The van der Waals surface area contributed by atoms with Gasteiger partial charge in [0.15, 0.2) is 6.29 Å². The molecule has 5 heteroatoms. The van der Waals surface area contributed by atoms with Crippen molar-refractivity contribution in [3.8, 4) is 0 Å². The lowest BCUT2D eigenvalue weighted by molar-refractivity contribution is -0.185. The van der Waals surface area contributed by atoms with Gasteiger partial charge in [0.05, 0.1) is 11.5 Å². The molecule has 1 aliphatic heterocycles. The zero-order valence-electron chi connectivity index (χ0n) is 14.3. The Morgan fingerprint density at radius 2 is 2.00 bits per heavy atom. The topological polar surface area (TPSA) is 69.7 Å². The smallest absolute Gasteiger partial charge is 0.157 e. The van der Waals surface area contributed by atoms with E-state index in [1.54, 1.807) is 0 Å². The molecular weight excluding hydrogens is 296 g/mol. The molecule has 2 fully saturated rings. The highest BCUT2D eigenvalue weighted by Gasteiger charge is 2.47. The maximum atomic E-state index is 12.2. The molecule has 1 saturated carbocycles. The standard InChI is InChI=1S/C18H28O5/c1-3-18(15(20)7-8-16(18)21)10-9-14(19)12-13(2)23-17-6-4-5-11-22-17/h13,17H,3-12H2,1-2H3. The Labute approximate surface area is 138 Å². The molecule has 23 heavy (non-hydrogen) atoms. The highest BCUT2D eigenvalue weighted by Crippen LogP contribution is 2.39. The summed E-state index contributed by atoms with van der Waals surface area (Å²) in [4.78, 5) is 36.3. The number of hydrogen-bond donors (Lipinski definition) is 0. The molecular formula is C18H28O5. The number of ketones is 3. The van der Waals surface area contributed by atoms with E-state index in [0.29, 0.717) is 38.7 Å². The number of hydrogen-bond acceptors (Lipinski definition) is 5. The number of carbonyl (C=O) groups excluding carboxylic acids is 3. The van der Waals surface area contributed by atoms with E-state index in [2.05, 4.69) is 0 Å². The Morgan fingerprint density at radius 1 is 1.30 bits per heavy atom. The molecule has 0 amide bonds. The lowest BCUT2D eigenvalue weighted by Gasteiger charge is -2.26. The Kier molecular flexibility index (Phi) is 6.48. The average Bonchev–Trinajstić information content (AvgIpc) is 2.81. The van der Waals surface area contributed by atoms with Crippen LogP contribution in [0.4, 0.5) is 0 Å². The maximum absolute atomic E-state index is 12.2. The fourth-order valence-corrected chi connectivity index (χ4v) is 3.61. The van der Waals surface area contributed by atoms with Crippen LogP contribution in [0, 0.1) is 5.41 Å². The SMILES string of the molecule is CCC1(CCC(=O)CC(C)OC2CCCCO2)C(=O)CCC1=O. The summed E-state index contributed by atoms with van der Waals surface area (Å²) in [5.41, 5.74) is -0.897. The van der Waals surface area contributed by atoms with Crippen LogP contribution in [0.5, 0.6) is 0 Å². The van der Waals surface area contributed by atoms with E-state index >= 15 is 0 Å². The van der Waals surface area contributed by atoms with E-state index in [-0.39, 0.29) is 36.2 Å². The molecule has 2 unspecified atom stereocenters. The molecule has 1 saturated heterocycles. The molecule has 2 rings (SSSR count). The molecule has 5 nitrogen and oxygen atoms in total. The lowest BCUT2D eigenvalue weighted by Crippen LogP contribution is -2.33. The van der Waals surface area contributed by atoms with Crippen molar-refractivity contribution < 1.29 is 23.9 Å². The Morgan fingerprint density at radius 3 is 2.57 bits per heavy atom. The Bertz CT molecular complexity index is 434. The van der Waals surface area contributed by atoms with Gasteiger partial charge in [0.2, 0.25) is 0 Å². The third-order valence-electron chi connectivity index (χ3n) is 5.12. The van der Waals surface area contributed by atoms with Gasteiger partial charge in [-0.25, -0.2) is 0 Å². The second-order valence-corrected chi connectivity index (χ2v) is 6.77. The molecule has 2 atom stereocenters. The summed E-state index contributed by atoms with van der Waals surface area (Å²) in [7, 11) is 0. The van der Waals surface area contributed by atoms with Gasteiger partial charge in [-0.2, -0.15) is 0 Å². The number of ether oxygens (including phenoxy) is 2. The van der Waals surface area contributed by atoms with E-state index in [1.165, 1.54) is 0 Å². The minimum atomic E-state index is -0.897. The van der Waals surface area contributed by atoms with Crippen molar-refractivity contribution in [2.75, 3.05) is 6.61 Å². The highest BCUT2D eigenvalue weighted by atomic mass is 16.7. The first-order chi connectivity index (χ1) is 11.0. The maximum Gasteiger partial charge on any atom is 0.157 e. The third kappa shape index (κ3) is 4.48. The minimum Gasteiger partial charge on any atom is -0.353 e. The fourth-order valence-electron chi connectivity index (χ4n) is 3.61. The summed E-state index contributed by atoms with van der Waals surface area (Å²) in [5.74, 6) is 0.0732. The summed E-state index contributed by atoms with van der Waals surface area (Å²) in [6.45, 7) is 4.45. The van der Waals surface area contributed by atoms with Gasteiger partial charge >= 0.3 is 0 Å². The van der Waals surface area contributed by atoms with Crippen molar-refractivity contribution in [2.45, 2.75) is 84.0 Å². The van der Waals surface area contributed by atoms with E-state index in [9.17, 15) is 14.4 Å². The van der Waals surface area contributed by atoms with Crippen molar-refractivity contribution in [1.82, 2.24) is 0 Å². The van der Waals surface area contributed by atoms with Crippen LogP contribution in [0.1, 0.15) is 71.6 Å². The quantitative estimate of drug-likeness (QED) is 0.642. The largest absolute Gasteiger partial charge is 0.353 e. The molecule has 0 N–H and O–H groups in total. The first-order valence-corrected chi connectivity index (χ1v) is 8.83. The molecule has 0 aromatic rings. The van der Waals surface area contributed by atoms with E-state index in [0.717, 1.165) is 19.3 Å². The van der Waals surface area contributed by atoms with Gasteiger partial charge in [0.1, 0.15) is 17.3 Å². The minimum absolute atomic E-state index is 0.0118. The number of Topliss-reactive ketones (excluding diaryl/α,β-unsaturated/α-hetero) is 3. The fraction of sp³-hybridized carbons (Fsp3) is 0.833. The van der Waals surface area contributed by atoms with Crippen molar-refractivity contribution in [3.63, 3.8) is 0 Å². The summed E-state index contributed by atoms with van der Waals surface area (Å²) in [6.07, 6.45) is 4.73. The lowest BCUT2D eigenvalue weighted by atomic mass is 9.77. The van der Waals surface area contributed by atoms with E-state index < -0.39 is 5.41 Å². The van der Waals surface area contributed by atoms with Gasteiger partial charge in [-0.1, -0.05) is 6.92 Å². The molecule has 0 radical (unpaired) electrons. The molecule has 2 aliphatic rings. The van der Waals surface area contributed by atoms with Gasteiger partial charge in [0.25, 0.3) is 0 Å². The zero-order chi connectivity index (χ0) is 16.9. The van der Waals surface area contributed by atoms with Crippen LogP contribution in [0.25, 0.3) is 0 Å². The van der Waals surface area contributed by atoms with Crippen molar-refractivity contribution in [2.24, 2.45) is 5.41 Å². The Hall–Kier alpha value is -1.07. The normalized spacial score (nSPS) is 25.6. The Balaban J connectivity index is 1.77. The van der Waals surface area contributed by atoms with Gasteiger partial charge in [-0.15, -0.1) is 0 Å². The van der Waals surface area contributed by atoms with Crippen LogP contribution >= 0.6 is 0 Å². The number of carbonyl (C=O) groups is 3. The van der Waals surface area contributed by atoms with Crippen LogP contribution in [0.15, 0.2) is 0 Å². The van der Waals surface area contributed by atoms with E-state index in [4.69, 9.17) is 9.47 Å². The summed E-state index contributed by atoms with van der Waals surface area (Å²) in [5, 5.41) is 0. The van der Waals surface area contributed by atoms with Crippen LogP contribution < -0.4 is 0 Å². The zero-order valence-corrected chi connectivity index (χ0v) is 14.3. The summed E-state index contributed by atoms with van der Waals surface area (Å²) >= 11 is 0. The molecule has 0 spiro atoms. The molecule has 0 aromatic heterocycles. The van der Waals surface area contributed by atoms with Crippen LogP contribution in [-0.2, 0) is 23.9 Å². The van der Waals surface area contributed by atoms with Crippen molar-refractivity contribution in [3.05, 3.63) is 0 Å². The highest BCUT2D eigenvalue weighted by molar-refractivity contribution is 6.13. The third-order valence-corrected chi connectivity index (χ3v) is 5.12. The van der Waals surface area contributed by atoms with Crippen LogP contribution in [-0.4, -0.2) is 36.4 Å². The van der Waals surface area contributed by atoms with Crippen LogP contribution in [0.2, 0.25) is 0 Å². The van der Waals surface area contributed by atoms with Gasteiger partial charge < -0.3 is 9.47 Å². The molecule has 1 aliphatic carbocycles. The van der Waals surface area contributed by atoms with Crippen molar-refractivity contribution >= 4 is 17.3 Å². The first-order valence-electron chi connectivity index (χ1n) is 8.83. The van der Waals surface area contributed by atoms with Crippen molar-refractivity contribution in [1.29, 1.82) is 0 Å². The second-order valence-electron chi connectivity index (χ2n) is 6.77. The van der Waals surface area contributed by atoms with Gasteiger partial charge in [-0.05, 0) is 39.0 Å². The number of rotatable bonds is 8. The molecule has 130 valence electrons. The predicted molar refractivity (Wildman–Crippen MR) is 85.0 cm³/mol. The van der Waals surface area contributed by atoms with E-state index in [1.807, 2.05) is 13.8 Å². The summed E-state index contributed by atoms with van der Waals surface area (Å²) in [6, 6.07) is 0. The van der Waals surface area contributed by atoms with Crippen LogP contribution in [0.3, 0.4) is 0 Å². The van der Waals surface area contributed by atoms with Gasteiger partial charge in [-0.3, -0.25) is 14.4 Å². The molecule has 0 aromatic carbocycles. The predicted octanol–water partition coefficient (Wildman–Crippen LogP) is 2.99. The molecule has 1 heterocycles. The monoisotopic (exact) mass is 324 g/mol. The van der Waals surface area contributed by atoms with Gasteiger partial charge in [0, 0.05) is 32.3 Å². The molecule has 0 bridgehead atoms. The average molecular weight is 324 g/mol.